The lowest BCUT2D eigenvalue weighted by Gasteiger charge is -2.31. The molecule has 5 nitrogen and oxygen atoms in total. The summed E-state index contributed by atoms with van der Waals surface area (Å²) in [6, 6.07) is 11.5. The van der Waals surface area contributed by atoms with Crippen molar-refractivity contribution in [2.75, 3.05) is 13.2 Å². The highest BCUT2D eigenvalue weighted by atomic mass is 32.1. The highest BCUT2D eigenvalue weighted by molar-refractivity contribution is 7.80. The molecule has 0 aromatic heterocycles. The van der Waals surface area contributed by atoms with Crippen LogP contribution in [0.1, 0.15) is 32.4 Å². The maximum absolute atomic E-state index is 12.7. The van der Waals surface area contributed by atoms with Gasteiger partial charge in [0.2, 0.25) is 0 Å². The van der Waals surface area contributed by atoms with E-state index in [-0.39, 0.29) is 5.97 Å². The number of carbonyl (C=O) groups is 1. The topological polar surface area (TPSA) is 59.6 Å². The predicted octanol–water partition coefficient (Wildman–Crippen LogP) is 3.59. The number of carbonyl (C=O) groups excluding carboxylic acids is 1. The number of allylic oxidation sites excluding steroid dienone is 1. The van der Waals surface area contributed by atoms with Crippen molar-refractivity contribution in [1.29, 1.82) is 0 Å². The molecule has 2 N–H and O–H groups in total. The zero-order valence-electron chi connectivity index (χ0n) is 15.1. The number of esters is 1. The molecule has 0 aliphatic carbocycles. The first-order valence-electron chi connectivity index (χ1n) is 8.66. The van der Waals surface area contributed by atoms with Crippen molar-refractivity contribution in [2.24, 2.45) is 0 Å². The average Bonchev–Trinajstić information content (AvgIpc) is 2.61. The van der Waals surface area contributed by atoms with Crippen LogP contribution in [0.2, 0.25) is 0 Å². The molecule has 0 amide bonds. The molecule has 1 aliphatic heterocycles. The minimum atomic E-state index is -0.449. The Bertz CT molecular complexity index is 892. The van der Waals surface area contributed by atoms with E-state index in [1.54, 1.807) is 6.92 Å². The molecule has 1 atom stereocenters. The first-order valence-corrected chi connectivity index (χ1v) is 9.07. The van der Waals surface area contributed by atoms with Crippen LogP contribution in [0.15, 0.2) is 47.7 Å². The van der Waals surface area contributed by atoms with Gasteiger partial charge in [0.1, 0.15) is 5.75 Å². The number of nitrogens with one attached hydrogen (secondary N) is 2. The first-order chi connectivity index (χ1) is 12.6. The van der Waals surface area contributed by atoms with E-state index in [0.717, 1.165) is 22.1 Å². The molecule has 2 aromatic rings. The second kappa shape index (κ2) is 7.74. The summed E-state index contributed by atoms with van der Waals surface area (Å²) in [6.45, 7) is 6.39. The van der Waals surface area contributed by atoms with Gasteiger partial charge < -0.3 is 20.1 Å². The van der Waals surface area contributed by atoms with E-state index in [2.05, 4.69) is 10.6 Å². The van der Waals surface area contributed by atoms with Gasteiger partial charge in [-0.25, -0.2) is 4.79 Å². The van der Waals surface area contributed by atoms with Crippen LogP contribution in [0.4, 0.5) is 0 Å². The summed E-state index contributed by atoms with van der Waals surface area (Å²) >= 11 is 5.35. The molecule has 136 valence electrons. The van der Waals surface area contributed by atoms with Gasteiger partial charge in [-0.05, 0) is 49.8 Å². The third-order valence-corrected chi connectivity index (χ3v) is 4.50. The van der Waals surface area contributed by atoms with Crippen LogP contribution in [0, 0.1) is 0 Å². The van der Waals surface area contributed by atoms with Gasteiger partial charge in [0.05, 0.1) is 24.8 Å². The van der Waals surface area contributed by atoms with Gasteiger partial charge in [-0.1, -0.05) is 30.3 Å². The van der Waals surface area contributed by atoms with Crippen molar-refractivity contribution in [3.63, 3.8) is 0 Å². The number of fused-ring (bicyclic) bond motifs is 1. The summed E-state index contributed by atoms with van der Waals surface area (Å²) in [5.41, 5.74) is 2.08. The van der Waals surface area contributed by atoms with E-state index in [1.807, 2.05) is 50.2 Å². The lowest BCUT2D eigenvalue weighted by molar-refractivity contribution is -0.139. The Kier molecular flexibility index (Phi) is 5.42. The van der Waals surface area contributed by atoms with E-state index in [0.29, 0.717) is 29.6 Å². The minimum absolute atomic E-state index is 0.306. The molecular weight excluding hydrogens is 348 g/mol. The fraction of sp³-hybridized carbons (Fsp3) is 0.300. The summed E-state index contributed by atoms with van der Waals surface area (Å²) in [5.74, 6) is 0.357. The van der Waals surface area contributed by atoms with Gasteiger partial charge in [0.15, 0.2) is 5.11 Å². The Hall–Kier alpha value is -2.60. The average molecular weight is 370 g/mol. The van der Waals surface area contributed by atoms with E-state index >= 15 is 0 Å². The van der Waals surface area contributed by atoms with E-state index in [4.69, 9.17) is 21.7 Å². The third kappa shape index (κ3) is 3.37. The van der Waals surface area contributed by atoms with Crippen molar-refractivity contribution < 1.29 is 14.3 Å². The second-order valence-corrected chi connectivity index (χ2v) is 6.33. The Morgan fingerprint density at radius 2 is 1.92 bits per heavy atom. The van der Waals surface area contributed by atoms with Crippen LogP contribution < -0.4 is 15.4 Å². The molecule has 0 spiro atoms. The molecule has 6 heteroatoms. The van der Waals surface area contributed by atoms with E-state index in [1.165, 1.54) is 0 Å². The molecule has 3 rings (SSSR count). The second-order valence-electron chi connectivity index (χ2n) is 5.92. The van der Waals surface area contributed by atoms with Crippen molar-refractivity contribution in [3.8, 4) is 5.75 Å². The number of benzene rings is 2. The van der Waals surface area contributed by atoms with Crippen LogP contribution >= 0.6 is 12.2 Å². The Balaban J connectivity index is 2.24. The zero-order valence-corrected chi connectivity index (χ0v) is 15.9. The fourth-order valence-electron chi connectivity index (χ4n) is 3.24. The standard InChI is InChI=1S/C20H22N2O3S/c1-4-24-15-11-10-13-8-6-7-9-14(13)17(15)18-16(19(23)25-5-2)12(3)21-20(26)22-18/h6-11,18H,4-5H2,1-3H3,(H2,21,22,26)/t18-/m1/s1. The Labute approximate surface area is 158 Å². The van der Waals surface area contributed by atoms with Crippen molar-refractivity contribution in [1.82, 2.24) is 10.6 Å². The van der Waals surface area contributed by atoms with Crippen LogP contribution in [-0.4, -0.2) is 24.3 Å². The number of hydrogen-bond donors (Lipinski definition) is 2. The highest BCUT2D eigenvalue weighted by Crippen LogP contribution is 2.38. The normalized spacial score (nSPS) is 16.9. The lowest BCUT2D eigenvalue weighted by Crippen LogP contribution is -2.45. The van der Waals surface area contributed by atoms with Crippen LogP contribution in [-0.2, 0) is 9.53 Å². The molecule has 0 unspecified atom stereocenters. The lowest BCUT2D eigenvalue weighted by atomic mass is 9.90. The predicted molar refractivity (Wildman–Crippen MR) is 106 cm³/mol. The van der Waals surface area contributed by atoms with E-state index < -0.39 is 6.04 Å². The molecule has 0 bridgehead atoms. The molecule has 0 saturated carbocycles. The van der Waals surface area contributed by atoms with Gasteiger partial charge >= 0.3 is 5.97 Å². The molecular formula is C20H22N2O3S. The van der Waals surface area contributed by atoms with Gasteiger partial charge in [-0.15, -0.1) is 0 Å². The van der Waals surface area contributed by atoms with Gasteiger partial charge in [0.25, 0.3) is 0 Å². The maximum atomic E-state index is 12.7. The summed E-state index contributed by atoms with van der Waals surface area (Å²) in [5, 5.41) is 8.80. The summed E-state index contributed by atoms with van der Waals surface area (Å²) in [4.78, 5) is 12.7. The van der Waals surface area contributed by atoms with Crippen LogP contribution in [0.5, 0.6) is 5.75 Å². The summed E-state index contributed by atoms with van der Waals surface area (Å²) in [7, 11) is 0. The summed E-state index contributed by atoms with van der Waals surface area (Å²) in [6.07, 6.45) is 0. The van der Waals surface area contributed by atoms with Crippen molar-refractivity contribution >= 4 is 34.1 Å². The summed E-state index contributed by atoms with van der Waals surface area (Å²) < 4.78 is 11.2. The number of thiocarbonyl (C=S) groups is 1. The monoisotopic (exact) mass is 370 g/mol. The number of rotatable bonds is 5. The molecule has 0 radical (unpaired) electrons. The molecule has 1 aliphatic rings. The Morgan fingerprint density at radius 1 is 1.15 bits per heavy atom. The van der Waals surface area contributed by atoms with Gasteiger partial charge in [-0.3, -0.25) is 0 Å². The van der Waals surface area contributed by atoms with Gasteiger partial charge in [0, 0.05) is 11.3 Å². The van der Waals surface area contributed by atoms with Crippen molar-refractivity contribution in [3.05, 3.63) is 53.2 Å². The molecule has 1 heterocycles. The molecule has 26 heavy (non-hydrogen) atoms. The van der Waals surface area contributed by atoms with Gasteiger partial charge in [-0.2, -0.15) is 0 Å². The highest BCUT2D eigenvalue weighted by Gasteiger charge is 2.33. The smallest absolute Gasteiger partial charge is 0.338 e. The fourth-order valence-corrected chi connectivity index (χ4v) is 3.52. The molecule has 2 aromatic carbocycles. The SMILES string of the molecule is CCOC(=O)C1=C(C)NC(=S)N[C@H]1c1c(OCC)ccc2ccccc12. The Morgan fingerprint density at radius 3 is 2.65 bits per heavy atom. The molecule has 0 fully saturated rings. The van der Waals surface area contributed by atoms with Crippen LogP contribution in [0.25, 0.3) is 10.8 Å². The first kappa shape index (κ1) is 18.2. The third-order valence-electron chi connectivity index (χ3n) is 4.28. The van der Waals surface area contributed by atoms with Crippen LogP contribution in [0.3, 0.4) is 0 Å². The van der Waals surface area contributed by atoms with E-state index in [9.17, 15) is 4.79 Å². The van der Waals surface area contributed by atoms with Crippen molar-refractivity contribution in [2.45, 2.75) is 26.8 Å². The largest absolute Gasteiger partial charge is 0.493 e. The molecule has 0 saturated heterocycles. The number of hydrogen-bond acceptors (Lipinski definition) is 4. The zero-order chi connectivity index (χ0) is 18.7. The minimum Gasteiger partial charge on any atom is -0.493 e. The number of ether oxygens (including phenoxy) is 2. The maximum Gasteiger partial charge on any atom is 0.338 e. The quantitative estimate of drug-likeness (QED) is 0.620.